The Morgan fingerprint density at radius 1 is 1.15 bits per heavy atom. The van der Waals surface area contributed by atoms with E-state index in [0.717, 1.165) is 35.7 Å². The number of amides is 1. The van der Waals surface area contributed by atoms with Crippen LogP contribution >= 0.6 is 11.8 Å². The molecule has 1 aromatic carbocycles. The van der Waals surface area contributed by atoms with Crippen molar-refractivity contribution in [2.75, 3.05) is 24.6 Å². The zero-order valence-electron chi connectivity index (χ0n) is 11.2. The van der Waals surface area contributed by atoms with Gasteiger partial charge in [-0.25, -0.2) is 0 Å². The average Bonchev–Trinajstić information content (AvgIpc) is 2.97. The number of thioether (sulfide) groups is 1. The molecule has 1 fully saturated rings. The monoisotopic (exact) mass is 287 g/mol. The fourth-order valence-corrected chi connectivity index (χ4v) is 3.18. The minimum Gasteiger partial charge on any atom is -0.339 e. The Hall–Kier alpha value is -1.75. The second-order valence-corrected chi connectivity index (χ2v) is 6.01. The third-order valence-corrected chi connectivity index (χ3v) is 4.34. The van der Waals surface area contributed by atoms with E-state index >= 15 is 0 Å². The van der Waals surface area contributed by atoms with Gasteiger partial charge in [0.1, 0.15) is 6.54 Å². The molecule has 0 atom stereocenters. The second-order valence-electron chi connectivity index (χ2n) is 4.79. The summed E-state index contributed by atoms with van der Waals surface area (Å²) >= 11 is 1.91. The van der Waals surface area contributed by atoms with Gasteiger partial charge in [0.05, 0.1) is 6.20 Å². The molecule has 1 aliphatic rings. The Morgan fingerprint density at radius 3 is 2.65 bits per heavy atom. The molecule has 1 aromatic heterocycles. The predicted molar refractivity (Wildman–Crippen MR) is 81.6 cm³/mol. The summed E-state index contributed by atoms with van der Waals surface area (Å²) < 4.78 is 1.73. The van der Waals surface area contributed by atoms with E-state index < -0.39 is 0 Å². The molecule has 0 spiro atoms. The first kappa shape index (κ1) is 13.2. The van der Waals surface area contributed by atoms with Crippen LogP contribution in [0.15, 0.2) is 42.7 Å². The van der Waals surface area contributed by atoms with Crippen LogP contribution in [0.1, 0.15) is 0 Å². The molecule has 1 aliphatic heterocycles. The normalized spacial score (nSPS) is 15.3. The Kier molecular flexibility index (Phi) is 4.06. The van der Waals surface area contributed by atoms with Crippen LogP contribution in [0.5, 0.6) is 0 Å². The molecule has 0 N–H and O–H groups in total. The van der Waals surface area contributed by atoms with Crippen molar-refractivity contribution in [2.24, 2.45) is 0 Å². The molecule has 2 heterocycles. The molecule has 104 valence electrons. The molecule has 20 heavy (non-hydrogen) atoms. The first-order chi connectivity index (χ1) is 9.83. The van der Waals surface area contributed by atoms with Gasteiger partial charge in [-0.3, -0.25) is 9.48 Å². The van der Waals surface area contributed by atoms with Gasteiger partial charge in [0, 0.05) is 36.4 Å². The van der Waals surface area contributed by atoms with E-state index in [4.69, 9.17) is 0 Å². The number of hydrogen-bond acceptors (Lipinski definition) is 3. The highest BCUT2D eigenvalue weighted by Crippen LogP contribution is 2.17. The van der Waals surface area contributed by atoms with Crippen LogP contribution in [0.4, 0.5) is 0 Å². The highest BCUT2D eigenvalue weighted by molar-refractivity contribution is 7.99. The topological polar surface area (TPSA) is 38.1 Å². The number of hydrogen-bond donors (Lipinski definition) is 0. The van der Waals surface area contributed by atoms with Gasteiger partial charge in [-0.15, -0.1) is 0 Å². The number of carbonyl (C=O) groups excluding carboxylic acids is 1. The fraction of sp³-hybridized carbons (Fsp3) is 0.333. The summed E-state index contributed by atoms with van der Waals surface area (Å²) in [5, 5.41) is 4.29. The molecule has 5 heteroatoms. The van der Waals surface area contributed by atoms with E-state index in [2.05, 4.69) is 5.10 Å². The van der Waals surface area contributed by atoms with E-state index in [1.54, 1.807) is 4.68 Å². The van der Waals surface area contributed by atoms with Crippen molar-refractivity contribution >= 4 is 17.7 Å². The summed E-state index contributed by atoms with van der Waals surface area (Å²) in [5.74, 6) is 2.24. The van der Waals surface area contributed by atoms with Crippen molar-refractivity contribution in [1.82, 2.24) is 14.7 Å². The largest absolute Gasteiger partial charge is 0.339 e. The van der Waals surface area contributed by atoms with Gasteiger partial charge < -0.3 is 4.90 Å². The Labute approximate surface area is 122 Å². The summed E-state index contributed by atoms with van der Waals surface area (Å²) in [4.78, 5) is 14.1. The van der Waals surface area contributed by atoms with Gasteiger partial charge in [0.25, 0.3) is 0 Å². The van der Waals surface area contributed by atoms with Gasteiger partial charge in [-0.2, -0.15) is 16.9 Å². The highest BCUT2D eigenvalue weighted by Gasteiger charge is 2.17. The lowest BCUT2D eigenvalue weighted by Gasteiger charge is -2.26. The smallest absolute Gasteiger partial charge is 0.244 e. The molecular weight excluding hydrogens is 270 g/mol. The van der Waals surface area contributed by atoms with Crippen molar-refractivity contribution in [2.45, 2.75) is 6.54 Å². The van der Waals surface area contributed by atoms with Gasteiger partial charge in [-0.05, 0) is 5.56 Å². The predicted octanol–water partition coefficient (Wildman–Crippen LogP) is 2.13. The summed E-state index contributed by atoms with van der Waals surface area (Å²) in [6.07, 6.45) is 3.75. The van der Waals surface area contributed by atoms with Crippen LogP contribution < -0.4 is 0 Å². The maximum Gasteiger partial charge on any atom is 0.244 e. The number of aromatic nitrogens is 2. The first-order valence-corrected chi connectivity index (χ1v) is 7.92. The van der Waals surface area contributed by atoms with Crippen LogP contribution in [0, 0.1) is 0 Å². The lowest BCUT2D eigenvalue weighted by atomic mass is 10.1. The molecule has 0 radical (unpaired) electrons. The molecule has 1 saturated heterocycles. The summed E-state index contributed by atoms with van der Waals surface area (Å²) in [6, 6.07) is 10.1. The minimum absolute atomic E-state index is 0.160. The van der Waals surface area contributed by atoms with Crippen LogP contribution in [0.25, 0.3) is 11.1 Å². The molecular formula is C15H17N3OS. The summed E-state index contributed by atoms with van der Waals surface area (Å²) in [5.41, 5.74) is 2.17. The zero-order valence-corrected chi connectivity index (χ0v) is 12.1. The van der Waals surface area contributed by atoms with E-state index in [-0.39, 0.29) is 5.91 Å². The highest BCUT2D eigenvalue weighted by atomic mass is 32.2. The number of benzene rings is 1. The van der Waals surface area contributed by atoms with Crippen molar-refractivity contribution in [3.05, 3.63) is 42.7 Å². The fourth-order valence-electron chi connectivity index (χ4n) is 2.28. The molecule has 0 unspecified atom stereocenters. The summed E-state index contributed by atoms with van der Waals surface area (Å²) in [7, 11) is 0. The third kappa shape index (κ3) is 3.04. The third-order valence-electron chi connectivity index (χ3n) is 3.40. The maximum atomic E-state index is 12.2. The Morgan fingerprint density at radius 2 is 1.90 bits per heavy atom. The Balaban J connectivity index is 1.66. The minimum atomic E-state index is 0.160. The molecule has 4 nitrogen and oxygen atoms in total. The van der Waals surface area contributed by atoms with E-state index in [0.29, 0.717) is 6.54 Å². The molecule has 0 bridgehead atoms. The van der Waals surface area contributed by atoms with Crippen molar-refractivity contribution in [3.8, 4) is 11.1 Å². The molecule has 3 rings (SSSR count). The number of nitrogens with zero attached hydrogens (tertiary/aromatic N) is 3. The molecule has 1 amide bonds. The lowest BCUT2D eigenvalue weighted by Crippen LogP contribution is -2.39. The SMILES string of the molecule is O=C(Cn1cc(-c2ccccc2)cn1)N1CCSCC1. The van der Waals surface area contributed by atoms with E-state index in [1.807, 2.05) is 59.4 Å². The van der Waals surface area contributed by atoms with Crippen molar-refractivity contribution < 1.29 is 4.79 Å². The number of carbonyl (C=O) groups is 1. The van der Waals surface area contributed by atoms with Gasteiger partial charge >= 0.3 is 0 Å². The van der Waals surface area contributed by atoms with Crippen LogP contribution in [-0.2, 0) is 11.3 Å². The maximum absolute atomic E-state index is 12.2. The molecule has 0 saturated carbocycles. The standard InChI is InChI=1S/C15H17N3OS/c19-15(17-6-8-20-9-7-17)12-18-11-14(10-16-18)13-4-2-1-3-5-13/h1-5,10-11H,6-9,12H2. The van der Waals surface area contributed by atoms with Crippen LogP contribution in [0.2, 0.25) is 0 Å². The zero-order chi connectivity index (χ0) is 13.8. The van der Waals surface area contributed by atoms with E-state index in [9.17, 15) is 4.79 Å². The first-order valence-electron chi connectivity index (χ1n) is 6.76. The molecule has 0 aliphatic carbocycles. The number of rotatable bonds is 3. The Bertz CT molecular complexity index is 576. The average molecular weight is 287 g/mol. The van der Waals surface area contributed by atoms with Crippen LogP contribution in [-0.4, -0.2) is 45.2 Å². The quantitative estimate of drug-likeness (QED) is 0.868. The van der Waals surface area contributed by atoms with Gasteiger partial charge in [0.15, 0.2) is 0 Å². The van der Waals surface area contributed by atoms with Crippen molar-refractivity contribution in [3.63, 3.8) is 0 Å². The van der Waals surface area contributed by atoms with Crippen LogP contribution in [0.3, 0.4) is 0 Å². The summed E-state index contributed by atoms with van der Waals surface area (Å²) in [6.45, 7) is 2.05. The lowest BCUT2D eigenvalue weighted by molar-refractivity contribution is -0.131. The second kappa shape index (κ2) is 6.13. The van der Waals surface area contributed by atoms with Gasteiger partial charge in [0.2, 0.25) is 5.91 Å². The van der Waals surface area contributed by atoms with Gasteiger partial charge in [-0.1, -0.05) is 30.3 Å². The van der Waals surface area contributed by atoms with E-state index in [1.165, 1.54) is 0 Å². The molecule has 2 aromatic rings. The van der Waals surface area contributed by atoms with Crippen molar-refractivity contribution in [1.29, 1.82) is 0 Å².